The van der Waals surface area contributed by atoms with Crippen LogP contribution < -0.4 is 0 Å². The monoisotopic (exact) mass is 611 g/mol. The van der Waals surface area contributed by atoms with Gasteiger partial charge in [0.05, 0.1) is 29.0 Å². The Morgan fingerprint density at radius 3 is 2.57 bits per heavy atom. The lowest BCUT2D eigenvalue weighted by atomic mass is 9.61. The van der Waals surface area contributed by atoms with Crippen LogP contribution in [-0.4, -0.2) is 65.8 Å². The number of nitrogens with zero attached hydrogens (tertiary/aromatic N) is 5. The molecule has 0 radical (unpaired) electrons. The zero-order valence-electron chi connectivity index (χ0n) is 23.2. The second-order valence-electron chi connectivity index (χ2n) is 12.5. The van der Waals surface area contributed by atoms with Crippen LogP contribution in [-0.2, 0) is 29.8 Å². The number of benzene rings is 2. The number of halogens is 3. The Kier molecular flexibility index (Phi) is 6.66. The second-order valence-corrected chi connectivity index (χ2v) is 13.2. The molecule has 11 heteroatoms. The van der Waals surface area contributed by atoms with E-state index in [4.69, 9.17) is 23.2 Å². The molecule has 2 aliphatic heterocycles. The van der Waals surface area contributed by atoms with Crippen LogP contribution in [0, 0.1) is 5.41 Å². The number of hydrogen-bond acceptors (Lipinski definition) is 5. The zero-order valence-corrected chi connectivity index (χ0v) is 24.7. The normalized spacial score (nSPS) is 21.9. The van der Waals surface area contributed by atoms with Crippen molar-refractivity contribution in [3.8, 4) is 11.1 Å². The fourth-order valence-corrected chi connectivity index (χ4v) is 7.66. The van der Waals surface area contributed by atoms with E-state index in [9.17, 15) is 19.4 Å². The molecule has 0 unspecified atom stereocenters. The van der Waals surface area contributed by atoms with Gasteiger partial charge in [-0.1, -0.05) is 47.5 Å². The van der Waals surface area contributed by atoms with E-state index in [-0.39, 0.29) is 24.8 Å². The molecule has 1 aliphatic carbocycles. The summed E-state index contributed by atoms with van der Waals surface area (Å²) in [5, 5.41) is 26.0. The van der Waals surface area contributed by atoms with Crippen LogP contribution in [0.1, 0.15) is 49.6 Å². The highest BCUT2D eigenvalue weighted by Crippen LogP contribution is 2.49. The molecule has 3 aliphatic rings. The lowest BCUT2D eigenvalue weighted by Crippen LogP contribution is -2.48. The number of fused-ring (bicyclic) bond motifs is 2. The quantitative estimate of drug-likeness (QED) is 0.291. The molecule has 0 bridgehead atoms. The van der Waals surface area contributed by atoms with E-state index in [2.05, 4.69) is 27.1 Å². The van der Waals surface area contributed by atoms with Crippen LogP contribution in [0.15, 0.2) is 42.9 Å². The van der Waals surface area contributed by atoms with Gasteiger partial charge in [0, 0.05) is 35.8 Å². The molecule has 4 aromatic rings. The van der Waals surface area contributed by atoms with E-state index >= 15 is 0 Å². The minimum atomic E-state index is -1.69. The van der Waals surface area contributed by atoms with Crippen molar-refractivity contribution in [3.63, 3.8) is 0 Å². The van der Waals surface area contributed by atoms with Crippen molar-refractivity contribution < 1.29 is 19.4 Å². The van der Waals surface area contributed by atoms with Crippen LogP contribution >= 0.6 is 23.2 Å². The van der Waals surface area contributed by atoms with Crippen molar-refractivity contribution in [1.82, 2.24) is 24.2 Å². The summed E-state index contributed by atoms with van der Waals surface area (Å²) in [4.78, 5) is 19.5. The van der Waals surface area contributed by atoms with Gasteiger partial charge in [0.25, 0.3) is 0 Å². The first-order chi connectivity index (χ1) is 20.1. The Morgan fingerprint density at radius 2 is 1.90 bits per heavy atom. The molecule has 2 aromatic carbocycles. The van der Waals surface area contributed by atoms with Gasteiger partial charge in [-0.3, -0.25) is 4.90 Å². The molecule has 7 rings (SSSR count). The SMILES string of the molecule is C[C@](C(=O)O)(c1ncn2c1C[C@@H](F)C2)n1cc2c(Cl)cc(-c3ccc(CN4CCC5(CC4)CC(O)C5)cc3)c(Cl)c2n1. The maximum absolute atomic E-state index is 14.1. The molecule has 1 saturated carbocycles. The highest BCUT2D eigenvalue weighted by Gasteiger charge is 2.46. The average molecular weight is 613 g/mol. The summed E-state index contributed by atoms with van der Waals surface area (Å²) in [5.74, 6) is -1.17. The number of aliphatic carboxylic acids is 1. The zero-order chi connectivity index (χ0) is 29.4. The predicted molar refractivity (Wildman–Crippen MR) is 159 cm³/mol. The van der Waals surface area contributed by atoms with Gasteiger partial charge in [0.15, 0.2) is 5.54 Å². The van der Waals surface area contributed by atoms with E-state index in [1.807, 2.05) is 12.1 Å². The molecular weight excluding hydrogens is 580 g/mol. The van der Waals surface area contributed by atoms with Crippen LogP contribution in [0.2, 0.25) is 10.0 Å². The van der Waals surface area contributed by atoms with Crippen LogP contribution in [0.5, 0.6) is 0 Å². The molecule has 0 amide bonds. The molecule has 2 aromatic heterocycles. The number of imidazole rings is 1. The number of likely N-dealkylation sites (tertiary alicyclic amines) is 1. The number of carboxylic acid groups (broad SMARTS) is 1. The summed E-state index contributed by atoms with van der Waals surface area (Å²) in [5.41, 5.74) is 2.65. The van der Waals surface area contributed by atoms with Gasteiger partial charge in [-0.2, -0.15) is 5.10 Å². The van der Waals surface area contributed by atoms with Gasteiger partial charge in [-0.05, 0) is 68.3 Å². The third kappa shape index (κ3) is 4.44. The van der Waals surface area contributed by atoms with Gasteiger partial charge in [-0.15, -0.1) is 0 Å². The van der Waals surface area contributed by atoms with Crippen molar-refractivity contribution in [1.29, 1.82) is 0 Å². The van der Waals surface area contributed by atoms with Gasteiger partial charge in [0.1, 0.15) is 17.4 Å². The molecule has 1 spiro atoms. The highest BCUT2D eigenvalue weighted by molar-refractivity contribution is 6.42. The Balaban J connectivity index is 1.16. The van der Waals surface area contributed by atoms with Crippen LogP contribution in [0.25, 0.3) is 22.0 Å². The fraction of sp³-hybridized carbons (Fsp3) is 0.452. The van der Waals surface area contributed by atoms with Gasteiger partial charge < -0.3 is 14.8 Å². The Bertz CT molecular complexity index is 1690. The smallest absolute Gasteiger partial charge is 0.337 e. The molecule has 2 fully saturated rings. The summed E-state index contributed by atoms with van der Waals surface area (Å²) in [6.45, 7) is 4.62. The Hall–Kier alpha value is -2.98. The van der Waals surface area contributed by atoms with Gasteiger partial charge >= 0.3 is 5.97 Å². The number of carbonyl (C=O) groups is 1. The van der Waals surface area contributed by atoms with Gasteiger partial charge in [0.2, 0.25) is 0 Å². The number of aromatic nitrogens is 4. The van der Waals surface area contributed by atoms with E-state index in [0.717, 1.165) is 50.9 Å². The number of hydrogen-bond donors (Lipinski definition) is 2. The number of alkyl halides is 1. The number of carboxylic acids is 1. The third-order valence-electron chi connectivity index (χ3n) is 9.70. The van der Waals surface area contributed by atoms with Crippen LogP contribution in [0.4, 0.5) is 4.39 Å². The molecule has 2 N–H and O–H groups in total. The second kappa shape index (κ2) is 10.0. The Labute approximate surface area is 252 Å². The first kappa shape index (κ1) is 27.8. The topological polar surface area (TPSA) is 96.4 Å². The van der Waals surface area contributed by atoms with E-state index < -0.39 is 17.7 Å². The summed E-state index contributed by atoms with van der Waals surface area (Å²) >= 11 is 13.6. The van der Waals surface area contributed by atoms with Crippen molar-refractivity contribution >= 4 is 40.1 Å². The lowest BCUT2D eigenvalue weighted by Gasteiger charge is -2.50. The largest absolute Gasteiger partial charge is 0.479 e. The van der Waals surface area contributed by atoms with Crippen LogP contribution in [0.3, 0.4) is 0 Å². The molecule has 1 saturated heterocycles. The van der Waals surface area contributed by atoms with Crippen molar-refractivity contribution in [3.05, 3.63) is 69.9 Å². The predicted octanol–water partition coefficient (Wildman–Crippen LogP) is 5.69. The lowest BCUT2D eigenvalue weighted by molar-refractivity contribution is -0.145. The Morgan fingerprint density at radius 1 is 1.19 bits per heavy atom. The van der Waals surface area contributed by atoms with E-state index in [0.29, 0.717) is 37.6 Å². The fourth-order valence-electron chi connectivity index (χ4n) is 7.11. The molecule has 4 heterocycles. The summed E-state index contributed by atoms with van der Waals surface area (Å²) in [6.07, 6.45) is 6.15. The molecule has 8 nitrogen and oxygen atoms in total. The van der Waals surface area contributed by atoms with Crippen molar-refractivity contribution in [2.75, 3.05) is 13.1 Å². The van der Waals surface area contributed by atoms with Gasteiger partial charge in [-0.25, -0.2) is 18.9 Å². The van der Waals surface area contributed by atoms with E-state index in [1.165, 1.54) is 23.5 Å². The first-order valence-corrected chi connectivity index (χ1v) is 15.1. The molecular formula is C31H32Cl2FN5O3. The molecule has 2 atom stereocenters. The van der Waals surface area contributed by atoms with Crippen molar-refractivity contribution in [2.24, 2.45) is 5.41 Å². The number of rotatable bonds is 6. The average Bonchev–Trinajstić information content (AvgIpc) is 3.66. The minimum Gasteiger partial charge on any atom is -0.479 e. The summed E-state index contributed by atoms with van der Waals surface area (Å²) in [7, 11) is 0. The molecule has 220 valence electrons. The number of aliphatic hydroxyl groups excluding tert-OH is 1. The molecule has 42 heavy (non-hydrogen) atoms. The maximum Gasteiger partial charge on any atom is 0.337 e. The van der Waals surface area contributed by atoms with Crippen molar-refractivity contribution in [2.45, 2.75) is 69.9 Å². The highest BCUT2D eigenvalue weighted by atomic mass is 35.5. The summed E-state index contributed by atoms with van der Waals surface area (Å²) < 4.78 is 17.1. The third-order valence-corrected chi connectivity index (χ3v) is 10.4. The standard InChI is InChI=1S/C31H32Cl2FN5O3/c1-30(29(41)42,28-25-10-20(34)15-38(25)17-35-28)39-16-23-24(32)11-22(26(33)27(23)36-39)19-4-2-18(3-5-19)14-37-8-6-31(7-9-37)12-21(40)13-31/h2-5,11,16-17,20-21,40H,6-10,12-15H2,1H3,(H,41,42)/t20-,30-/m1/s1. The first-order valence-electron chi connectivity index (χ1n) is 14.4. The minimum absolute atomic E-state index is 0.101. The maximum atomic E-state index is 14.1. The number of piperidine rings is 1. The number of aliphatic hydroxyl groups is 1. The van der Waals surface area contributed by atoms with E-state index in [1.54, 1.807) is 16.8 Å². The summed E-state index contributed by atoms with van der Waals surface area (Å²) in [6, 6.07) is 10.0.